The maximum Gasteiger partial charge on any atom is 0.240 e. The van der Waals surface area contributed by atoms with Crippen molar-refractivity contribution < 1.29 is 21.2 Å². The van der Waals surface area contributed by atoms with Crippen molar-refractivity contribution in [2.75, 3.05) is 6.54 Å². The number of thiophene rings is 2. The number of hydrogen-bond acceptors (Lipinski definition) is 6. The van der Waals surface area contributed by atoms with Gasteiger partial charge in [0.15, 0.2) is 9.84 Å². The lowest BCUT2D eigenvalue weighted by Gasteiger charge is -2.17. The number of benzene rings is 1. The van der Waals surface area contributed by atoms with E-state index in [2.05, 4.69) is 4.72 Å². The van der Waals surface area contributed by atoms with Gasteiger partial charge in [-0.1, -0.05) is 12.1 Å². The fourth-order valence-electron chi connectivity index (χ4n) is 2.58. The molecule has 10 heteroatoms. The molecule has 0 saturated carbocycles. The molecule has 0 spiro atoms. The van der Waals surface area contributed by atoms with Gasteiger partial charge < -0.3 is 0 Å². The Morgan fingerprint density at radius 2 is 1.74 bits per heavy atom. The molecule has 0 fully saturated rings. The van der Waals surface area contributed by atoms with Crippen LogP contribution in [-0.2, 0) is 19.9 Å². The van der Waals surface area contributed by atoms with Crippen molar-refractivity contribution in [1.82, 2.24) is 4.72 Å². The zero-order valence-corrected chi connectivity index (χ0v) is 17.4. The van der Waals surface area contributed by atoms with Gasteiger partial charge in [0.05, 0.1) is 4.90 Å². The molecule has 0 aliphatic rings. The standard InChI is InChI=1S/C17H16FNO4S4/c1-12-10-13(18)6-7-15(12)27(22,23)19-11-16(14-4-2-8-24-14)26(20,21)17-5-3-9-25-17/h2-10,16,19H,11H2,1H3/t16-/m0/s1. The normalized spacial score (nSPS) is 13.6. The molecule has 0 saturated heterocycles. The van der Waals surface area contributed by atoms with Gasteiger partial charge in [-0.25, -0.2) is 25.9 Å². The van der Waals surface area contributed by atoms with Crippen LogP contribution in [0.4, 0.5) is 4.39 Å². The summed E-state index contributed by atoms with van der Waals surface area (Å²) in [7, 11) is -7.76. The van der Waals surface area contributed by atoms with E-state index < -0.39 is 30.9 Å². The molecule has 1 aromatic carbocycles. The highest BCUT2D eigenvalue weighted by Gasteiger charge is 2.32. The molecule has 3 rings (SSSR count). The van der Waals surface area contributed by atoms with Gasteiger partial charge in [0.1, 0.15) is 15.3 Å². The number of nitrogens with one attached hydrogen (secondary N) is 1. The average molecular weight is 446 g/mol. The molecule has 1 N–H and O–H groups in total. The summed E-state index contributed by atoms with van der Waals surface area (Å²) in [6.45, 7) is 1.16. The molecular weight excluding hydrogens is 429 g/mol. The minimum atomic E-state index is -4.00. The predicted octanol–water partition coefficient (Wildman–Crippen LogP) is 3.75. The van der Waals surface area contributed by atoms with Crippen molar-refractivity contribution in [2.45, 2.75) is 21.3 Å². The number of sulfone groups is 1. The molecule has 3 aromatic rings. The zero-order valence-electron chi connectivity index (χ0n) is 14.1. The minimum absolute atomic E-state index is 0.0812. The fraction of sp³-hybridized carbons (Fsp3) is 0.176. The molecule has 1 atom stereocenters. The van der Waals surface area contributed by atoms with Gasteiger partial charge in [-0.15, -0.1) is 22.7 Å². The van der Waals surface area contributed by atoms with E-state index in [4.69, 9.17) is 0 Å². The van der Waals surface area contributed by atoms with Crippen LogP contribution >= 0.6 is 22.7 Å². The summed E-state index contributed by atoms with van der Waals surface area (Å²) in [5, 5.41) is 2.35. The Labute approximate surface area is 165 Å². The van der Waals surface area contributed by atoms with Crippen molar-refractivity contribution in [1.29, 1.82) is 0 Å². The Balaban J connectivity index is 1.92. The molecular formula is C17H16FNO4S4. The maximum atomic E-state index is 13.3. The third-order valence-electron chi connectivity index (χ3n) is 3.90. The Bertz CT molecular complexity index is 1120. The first-order chi connectivity index (χ1) is 12.7. The van der Waals surface area contributed by atoms with Gasteiger partial charge >= 0.3 is 0 Å². The van der Waals surface area contributed by atoms with Gasteiger partial charge in [0, 0.05) is 11.4 Å². The summed E-state index contributed by atoms with van der Waals surface area (Å²) in [6.07, 6.45) is 0. The smallest absolute Gasteiger partial charge is 0.222 e. The second-order valence-electron chi connectivity index (χ2n) is 5.74. The van der Waals surface area contributed by atoms with E-state index in [1.54, 1.807) is 29.0 Å². The van der Waals surface area contributed by atoms with Gasteiger partial charge in [0.2, 0.25) is 10.0 Å². The van der Waals surface area contributed by atoms with Crippen molar-refractivity contribution in [2.24, 2.45) is 0 Å². The van der Waals surface area contributed by atoms with Crippen LogP contribution in [0.1, 0.15) is 15.7 Å². The highest BCUT2D eigenvalue weighted by Crippen LogP contribution is 2.33. The Kier molecular flexibility index (Phi) is 5.82. The van der Waals surface area contributed by atoms with Gasteiger partial charge in [-0.2, -0.15) is 0 Å². The van der Waals surface area contributed by atoms with Gasteiger partial charge in [-0.3, -0.25) is 0 Å². The third-order valence-corrected chi connectivity index (χ3v) is 10.1. The van der Waals surface area contributed by atoms with Crippen molar-refractivity contribution >= 4 is 42.5 Å². The molecule has 27 heavy (non-hydrogen) atoms. The fourth-order valence-corrected chi connectivity index (χ4v) is 7.95. The highest BCUT2D eigenvalue weighted by atomic mass is 32.2. The molecule has 5 nitrogen and oxygen atoms in total. The third kappa shape index (κ3) is 4.30. The van der Waals surface area contributed by atoms with Gasteiger partial charge in [-0.05, 0) is 53.6 Å². The number of aryl methyl sites for hydroxylation is 1. The Morgan fingerprint density at radius 1 is 1.04 bits per heavy atom. The summed E-state index contributed by atoms with van der Waals surface area (Å²) in [5.41, 5.74) is 0.247. The van der Waals surface area contributed by atoms with Gasteiger partial charge in [0.25, 0.3) is 0 Å². The lowest BCUT2D eigenvalue weighted by molar-refractivity contribution is 0.570. The summed E-state index contributed by atoms with van der Waals surface area (Å²) in [5.74, 6) is -0.539. The first-order valence-corrected chi connectivity index (χ1v) is 12.6. The summed E-state index contributed by atoms with van der Waals surface area (Å²) in [4.78, 5) is 0.462. The van der Waals surface area contributed by atoms with E-state index in [1.807, 2.05) is 0 Å². The van der Waals surface area contributed by atoms with E-state index >= 15 is 0 Å². The van der Waals surface area contributed by atoms with Crippen molar-refractivity contribution in [3.05, 3.63) is 69.5 Å². The number of rotatable bonds is 7. The van der Waals surface area contributed by atoms with E-state index in [-0.39, 0.29) is 21.2 Å². The molecule has 2 aromatic heterocycles. The van der Waals surface area contributed by atoms with Crippen molar-refractivity contribution in [3.63, 3.8) is 0 Å². The van der Waals surface area contributed by atoms with E-state index in [9.17, 15) is 21.2 Å². The molecule has 0 amide bonds. The molecule has 0 aliphatic carbocycles. The second kappa shape index (κ2) is 7.80. The molecule has 0 aliphatic heterocycles. The van der Waals surface area contributed by atoms with Crippen LogP contribution in [0.15, 0.2) is 62.3 Å². The zero-order chi connectivity index (χ0) is 19.7. The van der Waals surface area contributed by atoms with Crippen LogP contribution in [0.3, 0.4) is 0 Å². The molecule has 0 unspecified atom stereocenters. The molecule has 0 bridgehead atoms. The Hall–Kier alpha value is -1.59. The van der Waals surface area contributed by atoms with Crippen LogP contribution in [0.2, 0.25) is 0 Å². The molecule has 2 heterocycles. The first-order valence-electron chi connectivity index (χ1n) is 7.78. The first kappa shape index (κ1) is 20.2. The largest absolute Gasteiger partial charge is 0.240 e. The highest BCUT2D eigenvalue weighted by molar-refractivity contribution is 7.94. The summed E-state index contributed by atoms with van der Waals surface area (Å²) in [6, 6.07) is 9.86. The quantitative estimate of drug-likeness (QED) is 0.601. The number of hydrogen-bond donors (Lipinski definition) is 1. The lowest BCUT2D eigenvalue weighted by Crippen LogP contribution is -2.31. The monoisotopic (exact) mass is 445 g/mol. The van der Waals surface area contributed by atoms with E-state index in [1.165, 1.54) is 30.4 Å². The minimum Gasteiger partial charge on any atom is -0.222 e. The SMILES string of the molecule is Cc1cc(F)ccc1S(=O)(=O)NC[C@@H](c1cccs1)S(=O)(=O)c1cccs1. The summed E-state index contributed by atoms with van der Waals surface area (Å²) < 4.78 is 67.0. The predicted molar refractivity (Wildman–Crippen MR) is 105 cm³/mol. The van der Waals surface area contributed by atoms with Crippen molar-refractivity contribution in [3.8, 4) is 0 Å². The van der Waals surface area contributed by atoms with E-state index in [0.717, 1.165) is 23.5 Å². The van der Waals surface area contributed by atoms with Crippen LogP contribution in [0.5, 0.6) is 0 Å². The lowest BCUT2D eigenvalue weighted by atomic mass is 10.2. The van der Waals surface area contributed by atoms with Crippen LogP contribution in [-0.4, -0.2) is 23.4 Å². The molecule has 0 radical (unpaired) electrons. The Morgan fingerprint density at radius 3 is 2.33 bits per heavy atom. The van der Waals surface area contributed by atoms with Crippen LogP contribution in [0, 0.1) is 12.7 Å². The maximum absolute atomic E-state index is 13.3. The van der Waals surface area contributed by atoms with Crippen LogP contribution < -0.4 is 4.72 Å². The number of halogens is 1. The average Bonchev–Trinajstić information content (AvgIpc) is 3.28. The topological polar surface area (TPSA) is 80.3 Å². The van der Waals surface area contributed by atoms with E-state index in [0.29, 0.717) is 4.88 Å². The second-order valence-corrected chi connectivity index (χ2v) is 11.8. The molecule has 144 valence electrons. The van der Waals surface area contributed by atoms with Crippen LogP contribution in [0.25, 0.3) is 0 Å². The number of sulfonamides is 1. The summed E-state index contributed by atoms with van der Waals surface area (Å²) >= 11 is 2.33.